The normalized spacial score (nSPS) is 17.1. The molecule has 1 aliphatic rings. The van der Waals surface area contributed by atoms with Gasteiger partial charge in [-0.3, -0.25) is 7.74 Å². The Morgan fingerprint density at radius 2 is 0.675 bits per heavy atom. The molecule has 1 unspecified atom stereocenters. The summed E-state index contributed by atoms with van der Waals surface area (Å²) >= 11 is 0. The third kappa shape index (κ3) is 8.35. The van der Waals surface area contributed by atoms with Gasteiger partial charge in [-0.15, -0.1) is 21.2 Å². The van der Waals surface area contributed by atoms with Crippen LogP contribution in [0.4, 0.5) is 0 Å². The fourth-order valence-electron chi connectivity index (χ4n) is 11.8. The molecule has 0 amide bonds. The molecule has 1 aromatic heterocycles. The summed E-state index contributed by atoms with van der Waals surface area (Å²) in [6.07, 6.45) is 0. The molecule has 1 atom stereocenters. The molecular weight excluding hydrogens is 1050 g/mol. The fraction of sp³-hybridized carbons (Fsp3) is 0. The summed E-state index contributed by atoms with van der Waals surface area (Å²) in [5.41, 5.74) is 5.50. The van der Waals surface area contributed by atoms with Crippen molar-refractivity contribution in [1.82, 2.24) is 4.57 Å². The maximum absolute atomic E-state index is 8.19. The van der Waals surface area contributed by atoms with E-state index < -0.39 is 37.8 Å². The van der Waals surface area contributed by atoms with Crippen molar-refractivity contribution in [3.8, 4) is 16.8 Å². The predicted octanol–water partition coefficient (Wildman–Crippen LogP) is 15.0. The molecular formula is C72H55NO3S2Si2. The highest BCUT2D eigenvalue weighted by Crippen LogP contribution is 2.82. The first-order valence-electron chi connectivity index (χ1n) is 27.1. The van der Waals surface area contributed by atoms with Gasteiger partial charge < -0.3 is 4.57 Å². The molecule has 1 saturated heterocycles. The first-order chi connectivity index (χ1) is 39.6. The molecule has 0 bridgehead atoms. The molecule has 0 aliphatic carbocycles. The zero-order valence-corrected chi connectivity index (χ0v) is 47.4. The van der Waals surface area contributed by atoms with Crippen molar-refractivity contribution in [2.45, 2.75) is 19.6 Å². The second-order valence-corrected chi connectivity index (χ2v) is 32.0. The molecule has 0 N–H and O–H groups in total. The van der Waals surface area contributed by atoms with E-state index in [1.54, 1.807) is 0 Å². The number of hydrogen-bond acceptors (Lipinski definition) is 3. The van der Waals surface area contributed by atoms with Crippen molar-refractivity contribution in [1.29, 1.82) is 0 Å². The second kappa shape index (κ2) is 20.9. The highest BCUT2D eigenvalue weighted by Gasteiger charge is 2.59. The largest absolute Gasteiger partial charge is 0.449 e. The molecule has 12 aromatic carbocycles. The van der Waals surface area contributed by atoms with Gasteiger partial charge in [-0.1, -0.05) is 261 Å². The lowest BCUT2D eigenvalue weighted by atomic mass is 10.1. The van der Waals surface area contributed by atoms with E-state index in [4.69, 9.17) is 11.4 Å². The van der Waals surface area contributed by atoms with Gasteiger partial charge in [0.1, 0.15) is 0 Å². The Morgan fingerprint density at radius 1 is 0.287 bits per heavy atom. The highest BCUT2D eigenvalue weighted by molar-refractivity contribution is 8.39. The van der Waals surface area contributed by atoms with Crippen molar-refractivity contribution in [2.75, 3.05) is 0 Å². The van der Waals surface area contributed by atoms with Crippen LogP contribution in [0.1, 0.15) is 0 Å². The van der Waals surface area contributed by atoms with Gasteiger partial charge in [0.05, 0.1) is 30.6 Å². The Labute approximate surface area is 473 Å². The van der Waals surface area contributed by atoms with E-state index in [9.17, 15) is 0 Å². The summed E-state index contributed by atoms with van der Waals surface area (Å²) in [5.74, 6) is 0. The zero-order valence-electron chi connectivity index (χ0n) is 43.7. The Kier molecular flexibility index (Phi) is 13.0. The second-order valence-electron chi connectivity index (χ2n) is 20.0. The van der Waals surface area contributed by atoms with E-state index in [1.165, 1.54) is 31.5 Å². The van der Waals surface area contributed by atoms with Crippen LogP contribution in [0.25, 0.3) is 38.6 Å². The Morgan fingerprint density at radius 3 is 1.18 bits per heavy atom. The van der Waals surface area contributed by atoms with Gasteiger partial charge in [0.25, 0.3) is 0 Å². The molecule has 13 aromatic rings. The number of nitrogens with zero attached hydrogens (tertiary/aromatic N) is 1. The summed E-state index contributed by atoms with van der Waals surface area (Å²) in [5, 5.41) is 9.83. The van der Waals surface area contributed by atoms with Crippen LogP contribution in [0.3, 0.4) is 0 Å². The quantitative estimate of drug-likeness (QED) is 0.0903. The summed E-state index contributed by atoms with van der Waals surface area (Å²) in [6.45, 7) is 0. The van der Waals surface area contributed by atoms with Gasteiger partial charge in [-0.2, -0.15) is 3.63 Å². The van der Waals surface area contributed by atoms with Crippen molar-refractivity contribution in [2.24, 2.45) is 0 Å². The Balaban J connectivity index is 0.963. The first-order valence-corrected chi connectivity index (χ1v) is 33.8. The van der Waals surface area contributed by atoms with E-state index in [1.807, 2.05) is 0 Å². The van der Waals surface area contributed by atoms with E-state index in [2.05, 4.69) is 338 Å². The Hall–Kier alpha value is -8.55. The minimum atomic E-state index is -3.76. The molecule has 80 heavy (non-hydrogen) atoms. The van der Waals surface area contributed by atoms with Gasteiger partial charge in [-0.05, 0) is 105 Å². The highest BCUT2D eigenvalue weighted by atomic mass is 32.4. The van der Waals surface area contributed by atoms with Gasteiger partial charge in [0.2, 0.25) is 0 Å². The number of rotatable bonds is 12. The van der Waals surface area contributed by atoms with Crippen LogP contribution in [0.2, 0.25) is 0 Å². The van der Waals surface area contributed by atoms with Crippen LogP contribution in [0, 0.1) is 0 Å². The average molecular weight is 1100 g/mol. The van der Waals surface area contributed by atoms with E-state index >= 15 is 0 Å². The summed E-state index contributed by atoms with van der Waals surface area (Å²) < 4.78 is 26.8. The fourth-order valence-corrected chi connectivity index (χ4v) is 30.0. The van der Waals surface area contributed by atoms with E-state index in [-0.39, 0.29) is 0 Å². The minimum absolute atomic E-state index is 0.940. The molecule has 8 heteroatoms. The van der Waals surface area contributed by atoms with Gasteiger partial charge in [-0.25, -0.2) is 0 Å². The molecule has 4 nitrogen and oxygen atoms in total. The third-order valence-electron chi connectivity index (χ3n) is 15.4. The lowest BCUT2D eigenvalue weighted by Gasteiger charge is -2.62. The molecule has 0 radical (unpaired) electrons. The Bertz CT molecular complexity index is 4010. The van der Waals surface area contributed by atoms with E-state index in [0.29, 0.717) is 0 Å². The van der Waals surface area contributed by atoms with Gasteiger partial charge in [0, 0.05) is 26.8 Å². The summed E-state index contributed by atoms with van der Waals surface area (Å²) in [7, 11) is -12.3. The lowest BCUT2D eigenvalue weighted by molar-refractivity contribution is 0.368. The number of benzene rings is 12. The standard InChI is InChI=1S/C72H55NO3S2Si2/c1-9-32-59(33-10-1)77(60-34-11-2-12-35-60)74-78(61-36-13-3-14-37-61,76-80(75-77,66-45-21-7-22-46-66)67-47-23-8-24-48-67)62-38-28-30-57(54-62)56-29-27-31-58(53-56)73-71-50-26-25-49-69(71)70-55-68(51-52-72(70)73)79(63-39-15-4-16-40-63,64-41-17-5-18-42-64)65-43-19-6-20-44-65/h1-55H. The van der Waals surface area contributed by atoms with Crippen LogP contribution >= 0.6 is 21.2 Å². The zero-order chi connectivity index (χ0) is 53.4. The number of aromatic nitrogens is 1. The molecule has 0 spiro atoms. The van der Waals surface area contributed by atoms with Gasteiger partial charge >= 0.3 is 8.56 Å². The molecule has 1 aliphatic heterocycles. The number of fused-ring (bicyclic) bond motifs is 3. The average Bonchev–Trinajstić information content (AvgIpc) is 4.04. The smallest absolute Gasteiger partial charge is 0.309 e. The predicted molar refractivity (Wildman–Crippen MR) is 339 cm³/mol. The molecule has 2 heterocycles. The first kappa shape index (κ1) is 49.7. The lowest BCUT2D eigenvalue weighted by Crippen LogP contribution is -2.74. The minimum Gasteiger partial charge on any atom is -0.309 e. The number of hydrogen-bond donors (Lipinski definition) is 0. The van der Waals surface area contributed by atoms with Crippen LogP contribution in [0.5, 0.6) is 0 Å². The van der Waals surface area contributed by atoms with Gasteiger partial charge in [0.15, 0.2) is 8.07 Å². The number of para-hydroxylation sites is 1. The molecule has 386 valence electrons. The van der Waals surface area contributed by atoms with Crippen molar-refractivity contribution >= 4 is 90.7 Å². The summed E-state index contributed by atoms with van der Waals surface area (Å²) in [4.78, 5) is 3.81. The van der Waals surface area contributed by atoms with Crippen molar-refractivity contribution in [3.05, 3.63) is 334 Å². The molecule has 1 fully saturated rings. The summed E-state index contributed by atoms with van der Waals surface area (Å²) in [6, 6.07) is 120. The monoisotopic (exact) mass is 1100 g/mol. The maximum atomic E-state index is 8.19. The molecule has 0 saturated carbocycles. The van der Waals surface area contributed by atoms with Crippen molar-refractivity contribution < 1.29 is 11.4 Å². The SMILES string of the molecule is c1ccc([Si]2(c3ccccc3)OS(c3ccccc3)(c3ccccc3)OS(c3ccccc3)(c3cccc(-c4cccc(-n5c6ccccc6c6cc([Si](c7ccccc7)(c7ccccc7)c7ccccc7)ccc65)c4)c3)O2)cc1. The van der Waals surface area contributed by atoms with Crippen LogP contribution in [0.15, 0.2) is 353 Å². The van der Waals surface area contributed by atoms with Crippen LogP contribution in [-0.2, 0) is 11.4 Å². The molecule has 14 rings (SSSR count). The van der Waals surface area contributed by atoms with Crippen LogP contribution in [-0.4, -0.2) is 21.2 Å². The topological polar surface area (TPSA) is 32.6 Å². The van der Waals surface area contributed by atoms with E-state index in [0.717, 1.165) is 57.8 Å². The third-order valence-corrected chi connectivity index (χ3v) is 31.2. The van der Waals surface area contributed by atoms with Crippen LogP contribution < -0.4 is 31.1 Å². The maximum Gasteiger partial charge on any atom is 0.449 e. The van der Waals surface area contributed by atoms with Crippen molar-refractivity contribution in [3.63, 3.8) is 0 Å².